The molecule has 0 spiro atoms. The molecule has 0 radical (unpaired) electrons. The van der Waals surface area contributed by atoms with Gasteiger partial charge in [0.15, 0.2) is 11.0 Å². The van der Waals surface area contributed by atoms with E-state index >= 15 is 0 Å². The van der Waals surface area contributed by atoms with Crippen LogP contribution in [0.4, 0.5) is 5.69 Å². The maximum absolute atomic E-state index is 12.6. The van der Waals surface area contributed by atoms with Crippen molar-refractivity contribution < 1.29 is 4.79 Å². The number of hydrogen-bond acceptors (Lipinski definition) is 4. The lowest BCUT2D eigenvalue weighted by Crippen LogP contribution is -2.16. The van der Waals surface area contributed by atoms with E-state index in [9.17, 15) is 4.79 Å². The Morgan fingerprint density at radius 2 is 1.97 bits per heavy atom. The van der Waals surface area contributed by atoms with Crippen molar-refractivity contribution in [2.45, 2.75) is 38.4 Å². The molecule has 3 rings (SSSR count). The van der Waals surface area contributed by atoms with Crippen LogP contribution >= 0.6 is 27.7 Å². The highest BCUT2D eigenvalue weighted by atomic mass is 79.9. The van der Waals surface area contributed by atoms with Gasteiger partial charge < -0.3 is 5.32 Å². The summed E-state index contributed by atoms with van der Waals surface area (Å²) in [5, 5.41) is 12.4. The van der Waals surface area contributed by atoms with Crippen LogP contribution in [-0.2, 0) is 11.3 Å². The smallest absolute Gasteiger partial charge is 0.234 e. The first-order valence-corrected chi connectivity index (χ1v) is 11.5. The molecule has 7 heteroatoms. The number of allylic oxidation sites excluding steroid dienone is 1. The molecule has 0 saturated carbocycles. The molecular formula is C23H25BrN4OS. The molecule has 0 saturated heterocycles. The third kappa shape index (κ3) is 5.40. The van der Waals surface area contributed by atoms with E-state index in [1.165, 1.54) is 17.3 Å². The number of rotatable bonds is 8. The van der Waals surface area contributed by atoms with Gasteiger partial charge in [-0.05, 0) is 36.6 Å². The van der Waals surface area contributed by atoms with Gasteiger partial charge in [0, 0.05) is 22.3 Å². The summed E-state index contributed by atoms with van der Waals surface area (Å²) in [5.74, 6) is 1.25. The highest BCUT2D eigenvalue weighted by Gasteiger charge is 2.16. The normalized spacial score (nSPS) is 11.0. The quantitative estimate of drug-likeness (QED) is 0.312. The average molecular weight is 485 g/mol. The van der Waals surface area contributed by atoms with Crippen LogP contribution in [0.5, 0.6) is 0 Å². The van der Waals surface area contributed by atoms with E-state index in [2.05, 4.69) is 51.9 Å². The second kappa shape index (κ2) is 10.1. The number of aromatic nitrogens is 3. The van der Waals surface area contributed by atoms with Gasteiger partial charge in [-0.15, -0.1) is 16.8 Å². The Hall–Kier alpha value is -2.38. The summed E-state index contributed by atoms with van der Waals surface area (Å²) < 4.78 is 2.98. The number of carbonyl (C=O) groups excluding carboxylic acids is 1. The number of nitrogens with one attached hydrogen (secondary N) is 1. The van der Waals surface area contributed by atoms with Crippen molar-refractivity contribution in [3.8, 4) is 11.4 Å². The fourth-order valence-electron chi connectivity index (χ4n) is 3.05. The van der Waals surface area contributed by atoms with Crippen molar-refractivity contribution in [1.82, 2.24) is 14.8 Å². The molecule has 0 unspecified atom stereocenters. The Morgan fingerprint density at radius 1 is 1.23 bits per heavy atom. The summed E-state index contributed by atoms with van der Waals surface area (Å²) in [6, 6.07) is 14.1. The molecule has 0 aliphatic rings. The van der Waals surface area contributed by atoms with Gasteiger partial charge in [-0.1, -0.05) is 77.4 Å². The average Bonchev–Trinajstić information content (AvgIpc) is 3.11. The lowest BCUT2D eigenvalue weighted by Gasteiger charge is -2.14. The largest absolute Gasteiger partial charge is 0.325 e. The number of carbonyl (C=O) groups is 1. The van der Waals surface area contributed by atoms with Crippen molar-refractivity contribution in [2.24, 2.45) is 0 Å². The van der Waals surface area contributed by atoms with Crippen LogP contribution in [0.15, 0.2) is 64.7 Å². The topological polar surface area (TPSA) is 59.8 Å². The molecule has 0 aliphatic carbocycles. The Labute approximate surface area is 190 Å². The second-order valence-corrected chi connectivity index (χ2v) is 9.15. The zero-order valence-electron chi connectivity index (χ0n) is 17.4. The first-order valence-electron chi connectivity index (χ1n) is 9.72. The number of halogens is 1. The molecule has 1 amide bonds. The third-order valence-corrected chi connectivity index (χ3v) is 6.04. The summed E-state index contributed by atoms with van der Waals surface area (Å²) in [7, 11) is 0. The standard InChI is InChI=1S/C23H25BrN4OS/c1-5-12-28-22(17-8-6-16(4)7-9-17)26-27-23(28)30-14-21(29)25-20-11-10-18(24)13-19(20)15(2)3/h5-11,13,15H,1,12,14H2,2-4H3,(H,25,29). The first-order chi connectivity index (χ1) is 14.4. The first kappa shape index (κ1) is 22.3. The third-order valence-electron chi connectivity index (χ3n) is 4.58. The molecule has 0 bridgehead atoms. The Kier molecular flexibility index (Phi) is 7.50. The number of aryl methyl sites for hydroxylation is 1. The molecular weight excluding hydrogens is 460 g/mol. The van der Waals surface area contributed by atoms with E-state index in [1.54, 1.807) is 0 Å². The van der Waals surface area contributed by atoms with E-state index < -0.39 is 0 Å². The molecule has 0 aliphatic heterocycles. The fraction of sp³-hybridized carbons (Fsp3) is 0.261. The van der Waals surface area contributed by atoms with Crippen molar-refractivity contribution >= 4 is 39.3 Å². The second-order valence-electron chi connectivity index (χ2n) is 7.29. The van der Waals surface area contributed by atoms with Gasteiger partial charge in [0.05, 0.1) is 5.75 Å². The summed E-state index contributed by atoms with van der Waals surface area (Å²) in [5.41, 5.74) is 4.11. The summed E-state index contributed by atoms with van der Waals surface area (Å²) in [6.07, 6.45) is 1.81. The Balaban J connectivity index is 1.73. The Morgan fingerprint density at radius 3 is 2.63 bits per heavy atom. The van der Waals surface area contributed by atoms with E-state index in [0.717, 1.165) is 27.1 Å². The SMILES string of the molecule is C=CCn1c(SCC(=O)Nc2ccc(Br)cc2C(C)C)nnc1-c1ccc(C)cc1. The molecule has 5 nitrogen and oxygen atoms in total. The minimum Gasteiger partial charge on any atom is -0.325 e. The molecule has 1 aromatic heterocycles. The van der Waals surface area contributed by atoms with Crippen LogP contribution in [0.25, 0.3) is 11.4 Å². The maximum Gasteiger partial charge on any atom is 0.234 e. The van der Waals surface area contributed by atoms with Crippen LogP contribution in [0.1, 0.15) is 30.9 Å². The van der Waals surface area contributed by atoms with Gasteiger partial charge in [-0.25, -0.2) is 0 Å². The minimum absolute atomic E-state index is 0.0748. The van der Waals surface area contributed by atoms with Gasteiger partial charge in [0.2, 0.25) is 5.91 Å². The van der Waals surface area contributed by atoms with Crippen LogP contribution < -0.4 is 5.32 Å². The summed E-state index contributed by atoms with van der Waals surface area (Å²) >= 11 is 4.87. The fourth-order valence-corrected chi connectivity index (χ4v) is 4.17. The number of nitrogens with zero attached hydrogens (tertiary/aromatic N) is 3. The number of amides is 1. The molecule has 0 fully saturated rings. The summed E-state index contributed by atoms with van der Waals surface area (Å²) in [6.45, 7) is 10.7. The van der Waals surface area contributed by atoms with Crippen LogP contribution in [0, 0.1) is 6.92 Å². The van der Waals surface area contributed by atoms with Crippen LogP contribution in [0.3, 0.4) is 0 Å². The van der Waals surface area contributed by atoms with Crippen LogP contribution in [-0.4, -0.2) is 26.4 Å². The minimum atomic E-state index is -0.0748. The van der Waals surface area contributed by atoms with Crippen molar-refractivity contribution in [2.75, 3.05) is 11.1 Å². The highest BCUT2D eigenvalue weighted by Crippen LogP contribution is 2.29. The highest BCUT2D eigenvalue weighted by molar-refractivity contribution is 9.10. The lowest BCUT2D eigenvalue weighted by molar-refractivity contribution is -0.113. The predicted molar refractivity (Wildman–Crippen MR) is 128 cm³/mol. The molecule has 30 heavy (non-hydrogen) atoms. The van der Waals surface area contributed by atoms with Crippen molar-refractivity contribution in [3.63, 3.8) is 0 Å². The van der Waals surface area contributed by atoms with Gasteiger partial charge in [-0.2, -0.15) is 0 Å². The molecule has 0 atom stereocenters. The zero-order chi connectivity index (χ0) is 21.7. The molecule has 156 valence electrons. The van der Waals surface area contributed by atoms with Crippen molar-refractivity contribution in [3.05, 3.63) is 70.7 Å². The maximum atomic E-state index is 12.6. The van der Waals surface area contributed by atoms with Gasteiger partial charge in [0.25, 0.3) is 0 Å². The van der Waals surface area contributed by atoms with Crippen molar-refractivity contribution in [1.29, 1.82) is 0 Å². The number of hydrogen-bond donors (Lipinski definition) is 1. The molecule has 2 aromatic carbocycles. The van der Waals surface area contributed by atoms with Gasteiger partial charge in [0.1, 0.15) is 0 Å². The van der Waals surface area contributed by atoms with Gasteiger partial charge in [-0.3, -0.25) is 9.36 Å². The number of benzene rings is 2. The molecule has 1 N–H and O–H groups in total. The monoisotopic (exact) mass is 484 g/mol. The predicted octanol–water partition coefficient (Wildman–Crippen LogP) is 6.06. The van der Waals surface area contributed by atoms with E-state index in [0.29, 0.717) is 17.6 Å². The van der Waals surface area contributed by atoms with E-state index in [1.807, 2.05) is 60.0 Å². The van der Waals surface area contributed by atoms with Crippen LogP contribution in [0.2, 0.25) is 0 Å². The Bertz CT molecular complexity index is 1040. The molecule has 1 heterocycles. The lowest BCUT2D eigenvalue weighted by atomic mass is 10.0. The number of anilines is 1. The van der Waals surface area contributed by atoms with E-state index in [-0.39, 0.29) is 11.7 Å². The van der Waals surface area contributed by atoms with E-state index in [4.69, 9.17) is 0 Å². The molecule has 3 aromatic rings. The number of thioether (sulfide) groups is 1. The summed E-state index contributed by atoms with van der Waals surface area (Å²) in [4.78, 5) is 12.6. The van der Waals surface area contributed by atoms with Gasteiger partial charge >= 0.3 is 0 Å². The zero-order valence-corrected chi connectivity index (χ0v) is 19.8.